The molecule has 8 heteroatoms. The number of carbonyl (C=O) groups excluding carboxylic acids is 2. The topological polar surface area (TPSA) is 67.9 Å². The summed E-state index contributed by atoms with van der Waals surface area (Å²) in [5.74, 6) is -0.215. The summed E-state index contributed by atoms with van der Waals surface area (Å²) in [5, 5.41) is 3.05. The Hall–Kier alpha value is -2.70. The summed E-state index contributed by atoms with van der Waals surface area (Å²) in [4.78, 5) is 26.2. The quantitative estimate of drug-likeness (QED) is 0.783. The molecular weight excluding hydrogens is 379 g/mol. The van der Waals surface area contributed by atoms with Gasteiger partial charge in [0.15, 0.2) is 0 Å². The number of hydrogen-bond donors (Lipinski definition) is 1. The highest BCUT2D eigenvalue weighted by atomic mass is 35.5. The molecule has 1 aliphatic heterocycles. The molecule has 0 saturated carbocycles. The zero-order valence-electron chi connectivity index (χ0n) is 13.9. The van der Waals surface area contributed by atoms with Crippen LogP contribution in [0.1, 0.15) is 0 Å². The van der Waals surface area contributed by atoms with Crippen molar-refractivity contribution in [1.29, 1.82) is 0 Å². The van der Waals surface area contributed by atoms with Gasteiger partial charge in [-0.2, -0.15) is 0 Å². The summed E-state index contributed by atoms with van der Waals surface area (Å²) in [5.41, 5.74) is 0.720. The summed E-state index contributed by atoms with van der Waals surface area (Å²) in [6, 6.07) is 11.4. The fraction of sp³-hybridized carbons (Fsp3) is 0.111. The van der Waals surface area contributed by atoms with Gasteiger partial charge < -0.3 is 14.8 Å². The number of rotatable bonds is 5. The van der Waals surface area contributed by atoms with Crippen LogP contribution in [0.2, 0.25) is 5.02 Å². The SMILES string of the molecule is COc1ccc(OC)c(NC2=C(Cl)C(=O)N(c3cccc(Cl)c3)C2=O)c1. The number of methoxy groups -OCH3 is 2. The highest BCUT2D eigenvalue weighted by molar-refractivity contribution is 6.53. The Balaban J connectivity index is 1.96. The molecule has 1 aliphatic rings. The molecule has 2 amide bonds. The van der Waals surface area contributed by atoms with Crippen molar-refractivity contribution in [3.63, 3.8) is 0 Å². The lowest BCUT2D eigenvalue weighted by Gasteiger charge is -2.16. The summed E-state index contributed by atoms with van der Waals surface area (Å²) in [6.07, 6.45) is 0. The molecule has 3 rings (SSSR count). The van der Waals surface area contributed by atoms with Crippen molar-refractivity contribution < 1.29 is 19.1 Å². The van der Waals surface area contributed by atoms with Gasteiger partial charge in [0, 0.05) is 11.1 Å². The number of imide groups is 1. The van der Waals surface area contributed by atoms with Gasteiger partial charge in [-0.25, -0.2) is 4.90 Å². The standard InChI is InChI=1S/C18H14Cl2N2O4/c1-25-12-6-7-14(26-2)13(9-12)21-16-15(20)17(23)22(18(16)24)11-5-3-4-10(19)8-11/h3-9,21H,1-2H3. The van der Waals surface area contributed by atoms with Crippen molar-refractivity contribution >= 4 is 46.4 Å². The number of anilines is 2. The van der Waals surface area contributed by atoms with Gasteiger partial charge in [-0.05, 0) is 30.3 Å². The number of benzene rings is 2. The lowest BCUT2D eigenvalue weighted by molar-refractivity contribution is -0.120. The maximum absolute atomic E-state index is 12.8. The third-order valence-electron chi connectivity index (χ3n) is 3.76. The van der Waals surface area contributed by atoms with Crippen LogP contribution in [-0.2, 0) is 9.59 Å². The van der Waals surface area contributed by atoms with Gasteiger partial charge in [0.25, 0.3) is 11.8 Å². The first-order valence-electron chi connectivity index (χ1n) is 7.49. The Bertz CT molecular complexity index is 927. The van der Waals surface area contributed by atoms with Gasteiger partial charge in [-0.1, -0.05) is 29.3 Å². The molecule has 0 bridgehead atoms. The maximum atomic E-state index is 12.8. The number of carbonyl (C=O) groups is 2. The summed E-state index contributed by atoms with van der Waals surface area (Å²) >= 11 is 12.1. The van der Waals surface area contributed by atoms with E-state index in [9.17, 15) is 9.59 Å². The van der Waals surface area contributed by atoms with Crippen LogP contribution >= 0.6 is 23.2 Å². The molecule has 6 nitrogen and oxygen atoms in total. The predicted molar refractivity (Wildman–Crippen MR) is 100.0 cm³/mol. The second-order valence-corrected chi connectivity index (χ2v) is 6.12. The lowest BCUT2D eigenvalue weighted by atomic mass is 10.2. The average Bonchev–Trinajstić information content (AvgIpc) is 2.85. The predicted octanol–water partition coefficient (Wildman–Crippen LogP) is 3.79. The van der Waals surface area contributed by atoms with Crippen molar-refractivity contribution in [3.05, 3.63) is 58.2 Å². The van der Waals surface area contributed by atoms with E-state index >= 15 is 0 Å². The first-order valence-corrected chi connectivity index (χ1v) is 8.25. The molecule has 0 aliphatic carbocycles. The molecule has 0 aromatic heterocycles. The Labute approximate surface area is 159 Å². The number of amides is 2. The molecule has 0 saturated heterocycles. The third-order valence-corrected chi connectivity index (χ3v) is 4.35. The van der Waals surface area contributed by atoms with Crippen LogP contribution in [0.4, 0.5) is 11.4 Å². The highest BCUT2D eigenvalue weighted by Crippen LogP contribution is 2.35. The number of hydrogen-bond acceptors (Lipinski definition) is 5. The molecule has 2 aromatic rings. The van der Waals surface area contributed by atoms with Crippen molar-refractivity contribution in [2.24, 2.45) is 0 Å². The van der Waals surface area contributed by atoms with E-state index in [0.717, 1.165) is 4.90 Å². The van der Waals surface area contributed by atoms with Gasteiger partial charge in [0.2, 0.25) is 0 Å². The van der Waals surface area contributed by atoms with Gasteiger partial charge in [0.05, 0.1) is 25.6 Å². The molecular formula is C18H14Cl2N2O4. The Kier molecular flexibility index (Phi) is 5.06. The van der Waals surface area contributed by atoms with E-state index in [-0.39, 0.29) is 10.7 Å². The minimum atomic E-state index is -0.636. The Morgan fingerprint density at radius 3 is 2.38 bits per heavy atom. The minimum Gasteiger partial charge on any atom is -0.497 e. The molecule has 1 heterocycles. The van der Waals surface area contributed by atoms with Crippen LogP contribution in [0.25, 0.3) is 0 Å². The first kappa shape index (κ1) is 18.1. The van der Waals surface area contributed by atoms with E-state index in [0.29, 0.717) is 27.9 Å². The van der Waals surface area contributed by atoms with Crippen molar-refractivity contribution in [2.75, 3.05) is 24.4 Å². The zero-order valence-corrected chi connectivity index (χ0v) is 15.4. The van der Waals surface area contributed by atoms with Gasteiger partial charge in [0.1, 0.15) is 22.2 Å². The van der Waals surface area contributed by atoms with Crippen molar-refractivity contribution in [1.82, 2.24) is 0 Å². The summed E-state index contributed by atoms with van der Waals surface area (Å²) in [7, 11) is 3.01. The van der Waals surface area contributed by atoms with Crippen LogP contribution in [0.15, 0.2) is 53.2 Å². The minimum absolute atomic E-state index is 0.0526. The average molecular weight is 393 g/mol. The highest BCUT2D eigenvalue weighted by Gasteiger charge is 2.39. The van der Waals surface area contributed by atoms with E-state index in [1.807, 2.05) is 0 Å². The first-order chi connectivity index (χ1) is 12.5. The molecule has 26 heavy (non-hydrogen) atoms. The van der Waals surface area contributed by atoms with Crippen LogP contribution in [-0.4, -0.2) is 26.0 Å². The fourth-order valence-electron chi connectivity index (χ4n) is 2.51. The van der Waals surface area contributed by atoms with E-state index < -0.39 is 11.8 Å². The fourth-order valence-corrected chi connectivity index (χ4v) is 2.90. The normalized spacial score (nSPS) is 14.1. The molecule has 0 atom stereocenters. The van der Waals surface area contributed by atoms with Crippen molar-refractivity contribution in [2.45, 2.75) is 0 Å². The van der Waals surface area contributed by atoms with E-state index in [1.165, 1.54) is 20.3 Å². The molecule has 1 N–H and O–H groups in total. The van der Waals surface area contributed by atoms with Crippen molar-refractivity contribution in [3.8, 4) is 11.5 Å². The molecule has 0 fully saturated rings. The number of nitrogens with one attached hydrogen (secondary N) is 1. The molecule has 0 unspecified atom stereocenters. The van der Waals surface area contributed by atoms with Crippen LogP contribution in [0, 0.1) is 0 Å². The van der Waals surface area contributed by atoms with E-state index in [1.54, 1.807) is 36.4 Å². The van der Waals surface area contributed by atoms with Gasteiger partial charge in [-0.3, -0.25) is 9.59 Å². The Morgan fingerprint density at radius 1 is 0.962 bits per heavy atom. The number of halogens is 2. The second-order valence-electron chi connectivity index (χ2n) is 5.31. The summed E-state index contributed by atoms with van der Waals surface area (Å²) in [6.45, 7) is 0. The molecule has 2 aromatic carbocycles. The van der Waals surface area contributed by atoms with Crippen LogP contribution in [0.3, 0.4) is 0 Å². The second kappa shape index (κ2) is 7.27. The zero-order chi connectivity index (χ0) is 18.8. The lowest BCUT2D eigenvalue weighted by Crippen LogP contribution is -2.32. The summed E-state index contributed by atoms with van der Waals surface area (Å²) < 4.78 is 10.4. The molecule has 0 radical (unpaired) electrons. The smallest absolute Gasteiger partial charge is 0.283 e. The Morgan fingerprint density at radius 2 is 1.73 bits per heavy atom. The van der Waals surface area contributed by atoms with E-state index in [2.05, 4.69) is 5.32 Å². The number of nitrogens with zero attached hydrogens (tertiary/aromatic N) is 1. The largest absolute Gasteiger partial charge is 0.497 e. The third kappa shape index (κ3) is 3.21. The monoisotopic (exact) mass is 392 g/mol. The molecule has 134 valence electrons. The van der Waals surface area contributed by atoms with Crippen LogP contribution < -0.4 is 19.7 Å². The number of ether oxygens (including phenoxy) is 2. The van der Waals surface area contributed by atoms with Gasteiger partial charge >= 0.3 is 0 Å². The van der Waals surface area contributed by atoms with Gasteiger partial charge in [-0.15, -0.1) is 0 Å². The molecule has 0 spiro atoms. The van der Waals surface area contributed by atoms with Crippen LogP contribution in [0.5, 0.6) is 11.5 Å². The maximum Gasteiger partial charge on any atom is 0.283 e. The van der Waals surface area contributed by atoms with E-state index in [4.69, 9.17) is 32.7 Å².